The van der Waals surface area contributed by atoms with E-state index in [1.54, 1.807) is 0 Å². The fourth-order valence-electron chi connectivity index (χ4n) is 1.49. The maximum atomic E-state index is 11.9. The van der Waals surface area contributed by atoms with Gasteiger partial charge in [-0.1, -0.05) is 55.8 Å². The molecule has 94 valence electrons. The maximum absolute atomic E-state index is 11.9. The Morgan fingerprint density at radius 3 is 2.41 bits per heavy atom. The van der Waals surface area contributed by atoms with Crippen molar-refractivity contribution >= 4 is 27.5 Å². The summed E-state index contributed by atoms with van der Waals surface area (Å²) in [5.41, 5.74) is 2.10. The van der Waals surface area contributed by atoms with Crippen molar-refractivity contribution in [2.75, 3.05) is 5.32 Å². The van der Waals surface area contributed by atoms with Gasteiger partial charge in [0, 0.05) is 5.69 Å². The van der Waals surface area contributed by atoms with Gasteiger partial charge in [-0.05, 0) is 29.5 Å². The first kappa shape index (κ1) is 14.2. The molecule has 0 aliphatic heterocycles. The number of carbonyl (C=O) groups excluding carboxylic acids is 1. The van der Waals surface area contributed by atoms with Crippen molar-refractivity contribution in [2.24, 2.45) is 5.92 Å². The van der Waals surface area contributed by atoms with Crippen LogP contribution in [-0.2, 0) is 4.79 Å². The predicted molar refractivity (Wildman–Crippen MR) is 76.7 cm³/mol. The minimum Gasteiger partial charge on any atom is -0.325 e. The Balaban J connectivity index is 2.75. The molecule has 0 heterocycles. The summed E-state index contributed by atoms with van der Waals surface area (Å²) in [6.45, 7) is 8.32. The van der Waals surface area contributed by atoms with Crippen LogP contribution in [0.4, 0.5) is 5.69 Å². The summed E-state index contributed by atoms with van der Waals surface area (Å²) < 4.78 is 0. The molecule has 0 aromatic heterocycles. The van der Waals surface area contributed by atoms with E-state index < -0.39 is 0 Å². The molecule has 1 aromatic carbocycles. The van der Waals surface area contributed by atoms with Gasteiger partial charge in [-0.25, -0.2) is 0 Å². The van der Waals surface area contributed by atoms with Crippen molar-refractivity contribution in [1.29, 1.82) is 0 Å². The Kier molecular flexibility index (Phi) is 5.19. The molecule has 2 nitrogen and oxygen atoms in total. The molecule has 0 bridgehead atoms. The Morgan fingerprint density at radius 2 is 1.88 bits per heavy atom. The van der Waals surface area contributed by atoms with Crippen molar-refractivity contribution in [2.45, 2.75) is 38.4 Å². The topological polar surface area (TPSA) is 29.1 Å². The van der Waals surface area contributed by atoms with E-state index >= 15 is 0 Å². The van der Waals surface area contributed by atoms with Crippen LogP contribution in [0, 0.1) is 5.92 Å². The SMILES string of the molecule is CC(C)c1cccc(NC(=O)C(Br)C(C)C)c1. The minimum absolute atomic E-state index is 0.0147. The molecule has 17 heavy (non-hydrogen) atoms. The van der Waals surface area contributed by atoms with Crippen LogP contribution >= 0.6 is 15.9 Å². The molecule has 1 N–H and O–H groups in total. The van der Waals surface area contributed by atoms with Crippen molar-refractivity contribution < 1.29 is 4.79 Å². The number of hydrogen-bond donors (Lipinski definition) is 1. The highest BCUT2D eigenvalue weighted by molar-refractivity contribution is 9.10. The van der Waals surface area contributed by atoms with Gasteiger partial charge < -0.3 is 5.32 Å². The highest BCUT2D eigenvalue weighted by Gasteiger charge is 2.18. The van der Waals surface area contributed by atoms with Crippen LogP contribution in [0.25, 0.3) is 0 Å². The van der Waals surface area contributed by atoms with Crippen LogP contribution in [-0.4, -0.2) is 10.7 Å². The van der Waals surface area contributed by atoms with Crippen LogP contribution in [0.15, 0.2) is 24.3 Å². The smallest absolute Gasteiger partial charge is 0.238 e. The summed E-state index contributed by atoms with van der Waals surface area (Å²) in [7, 11) is 0. The second-order valence-electron chi connectivity index (χ2n) is 4.92. The van der Waals surface area contributed by atoms with E-state index in [1.807, 2.05) is 32.0 Å². The predicted octanol–water partition coefficient (Wildman–Crippen LogP) is 4.17. The molecule has 1 rings (SSSR count). The lowest BCUT2D eigenvalue weighted by molar-refractivity contribution is -0.116. The number of carbonyl (C=O) groups is 1. The fraction of sp³-hybridized carbons (Fsp3) is 0.500. The first-order valence-corrected chi connectivity index (χ1v) is 6.88. The summed E-state index contributed by atoms with van der Waals surface area (Å²) in [6.07, 6.45) is 0. The molecule has 0 aliphatic carbocycles. The van der Waals surface area contributed by atoms with E-state index in [0.717, 1.165) is 5.69 Å². The Bertz CT molecular complexity index is 388. The maximum Gasteiger partial charge on any atom is 0.238 e. The number of benzene rings is 1. The van der Waals surface area contributed by atoms with Gasteiger partial charge in [0.15, 0.2) is 0 Å². The van der Waals surface area contributed by atoms with Crippen LogP contribution in [0.3, 0.4) is 0 Å². The summed E-state index contributed by atoms with van der Waals surface area (Å²) in [5.74, 6) is 0.765. The normalized spacial score (nSPS) is 12.9. The Hall–Kier alpha value is -0.830. The molecule has 1 atom stereocenters. The van der Waals surface area contributed by atoms with Crippen molar-refractivity contribution in [3.8, 4) is 0 Å². The van der Waals surface area contributed by atoms with Crippen molar-refractivity contribution in [3.63, 3.8) is 0 Å². The lowest BCUT2D eigenvalue weighted by Gasteiger charge is -2.15. The van der Waals surface area contributed by atoms with Crippen LogP contribution < -0.4 is 5.32 Å². The zero-order valence-electron chi connectivity index (χ0n) is 10.8. The number of amides is 1. The molecular weight excluding hydrogens is 278 g/mol. The van der Waals surface area contributed by atoms with E-state index in [-0.39, 0.29) is 16.7 Å². The van der Waals surface area contributed by atoms with Gasteiger partial charge >= 0.3 is 0 Å². The molecule has 3 heteroatoms. The van der Waals surface area contributed by atoms with Gasteiger partial charge in [-0.15, -0.1) is 0 Å². The molecule has 0 saturated carbocycles. The van der Waals surface area contributed by atoms with Gasteiger partial charge in [0.1, 0.15) is 0 Å². The van der Waals surface area contributed by atoms with Gasteiger partial charge in [0.2, 0.25) is 5.91 Å². The summed E-state index contributed by atoms with van der Waals surface area (Å²) in [5, 5.41) is 2.93. The lowest BCUT2D eigenvalue weighted by atomic mass is 10.0. The average Bonchev–Trinajstić information content (AvgIpc) is 2.28. The molecule has 0 aliphatic rings. The van der Waals surface area contributed by atoms with E-state index in [9.17, 15) is 4.79 Å². The summed E-state index contributed by atoms with van der Waals surface area (Å²) >= 11 is 3.40. The van der Waals surface area contributed by atoms with E-state index in [2.05, 4.69) is 41.2 Å². The fourth-order valence-corrected chi connectivity index (χ4v) is 1.60. The molecule has 1 amide bonds. The molecule has 1 unspecified atom stereocenters. The largest absolute Gasteiger partial charge is 0.325 e. The number of halogens is 1. The van der Waals surface area contributed by atoms with Crippen molar-refractivity contribution in [1.82, 2.24) is 0 Å². The summed E-state index contributed by atoms with van der Waals surface area (Å²) in [4.78, 5) is 11.7. The van der Waals surface area contributed by atoms with Crippen LogP contribution in [0.1, 0.15) is 39.2 Å². The first-order valence-electron chi connectivity index (χ1n) is 5.96. The quantitative estimate of drug-likeness (QED) is 0.831. The number of nitrogens with one attached hydrogen (secondary N) is 1. The first-order chi connectivity index (χ1) is 7.91. The van der Waals surface area contributed by atoms with Gasteiger partial charge in [-0.2, -0.15) is 0 Å². The number of anilines is 1. The standard InChI is InChI=1S/C14H20BrNO/c1-9(2)11-6-5-7-12(8-11)16-14(17)13(15)10(3)4/h5-10,13H,1-4H3,(H,16,17). The molecular formula is C14H20BrNO. The lowest BCUT2D eigenvalue weighted by Crippen LogP contribution is -2.27. The molecule has 1 aromatic rings. The number of rotatable bonds is 4. The zero-order chi connectivity index (χ0) is 13.0. The van der Waals surface area contributed by atoms with Crippen LogP contribution in [0.5, 0.6) is 0 Å². The summed E-state index contributed by atoms with van der Waals surface area (Å²) in [6, 6.07) is 8.00. The van der Waals surface area contributed by atoms with E-state index in [4.69, 9.17) is 0 Å². The Labute approximate surface area is 112 Å². The van der Waals surface area contributed by atoms with Gasteiger partial charge in [0.05, 0.1) is 4.83 Å². The molecule has 0 saturated heterocycles. The number of hydrogen-bond acceptors (Lipinski definition) is 1. The van der Waals surface area contributed by atoms with Crippen LogP contribution in [0.2, 0.25) is 0 Å². The second kappa shape index (κ2) is 6.20. The van der Waals surface area contributed by atoms with E-state index in [0.29, 0.717) is 5.92 Å². The third-order valence-electron chi connectivity index (χ3n) is 2.66. The van der Waals surface area contributed by atoms with Gasteiger partial charge in [-0.3, -0.25) is 4.79 Å². The third kappa shape index (κ3) is 4.15. The minimum atomic E-state index is -0.148. The monoisotopic (exact) mass is 297 g/mol. The molecule has 0 fully saturated rings. The Morgan fingerprint density at radius 1 is 1.24 bits per heavy atom. The van der Waals surface area contributed by atoms with Gasteiger partial charge in [0.25, 0.3) is 0 Å². The van der Waals surface area contributed by atoms with Crippen molar-refractivity contribution in [3.05, 3.63) is 29.8 Å². The molecule has 0 spiro atoms. The second-order valence-corrected chi connectivity index (χ2v) is 5.90. The molecule has 0 radical (unpaired) electrons. The highest BCUT2D eigenvalue weighted by atomic mass is 79.9. The third-order valence-corrected chi connectivity index (χ3v) is 4.13. The number of alkyl halides is 1. The highest BCUT2D eigenvalue weighted by Crippen LogP contribution is 2.20. The average molecular weight is 298 g/mol. The zero-order valence-corrected chi connectivity index (χ0v) is 12.4. The van der Waals surface area contributed by atoms with E-state index in [1.165, 1.54) is 5.56 Å².